The van der Waals surface area contributed by atoms with Crippen LogP contribution in [0.4, 0.5) is 0 Å². The first-order chi connectivity index (χ1) is 5.52. The van der Waals surface area contributed by atoms with Crippen LogP contribution in [0.15, 0.2) is 0 Å². The molecule has 1 atom stereocenters. The first-order valence-electron chi connectivity index (χ1n) is 4.60. The topological polar surface area (TPSA) is 35.8 Å². The lowest BCUT2D eigenvalue weighted by Gasteiger charge is -2.29. The Morgan fingerprint density at radius 3 is 2.33 bits per heavy atom. The molecular formula is C10H20N2. The highest BCUT2D eigenvalue weighted by atomic mass is 14.9. The second-order valence-corrected chi connectivity index (χ2v) is 4.26. The number of nitriles is 1. The third kappa shape index (κ3) is 4.35. The molecule has 0 rings (SSSR count). The van der Waals surface area contributed by atoms with Crippen molar-refractivity contribution in [3.8, 4) is 6.07 Å². The molecule has 0 aliphatic carbocycles. The van der Waals surface area contributed by atoms with E-state index in [0.717, 1.165) is 6.54 Å². The number of hydrogen-bond donors (Lipinski definition) is 1. The molecule has 0 aliphatic heterocycles. The maximum atomic E-state index is 8.34. The Hall–Kier alpha value is -0.550. The van der Waals surface area contributed by atoms with E-state index in [1.54, 1.807) is 0 Å². The van der Waals surface area contributed by atoms with Crippen LogP contribution < -0.4 is 5.32 Å². The lowest BCUT2D eigenvalue weighted by molar-refractivity contribution is 0.228. The van der Waals surface area contributed by atoms with Crippen LogP contribution in [0, 0.1) is 22.7 Å². The molecule has 0 bridgehead atoms. The minimum Gasteiger partial charge on any atom is -0.304 e. The summed E-state index contributed by atoms with van der Waals surface area (Å²) in [5, 5.41) is 11.5. The molecule has 0 amide bonds. The van der Waals surface area contributed by atoms with Crippen molar-refractivity contribution in [2.45, 2.75) is 34.1 Å². The van der Waals surface area contributed by atoms with Gasteiger partial charge in [-0.15, -0.1) is 0 Å². The summed E-state index contributed by atoms with van der Waals surface area (Å²) in [7, 11) is 0. The van der Waals surface area contributed by atoms with Crippen molar-refractivity contribution >= 4 is 0 Å². The van der Waals surface area contributed by atoms with Crippen LogP contribution in [0.3, 0.4) is 0 Å². The van der Waals surface area contributed by atoms with Crippen molar-refractivity contribution in [3.05, 3.63) is 0 Å². The van der Waals surface area contributed by atoms with Crippen LogP contribution >= 0.6 is 0 Å². The minimum atomic E-state index is 0.344. The van der Waals surface area contributed by atoms with Gasteiger partial charge in [0.25, 0.3) is 0 Å². The Morgan fingerprint density at radius 2 is 2.00 bits per heavy atom. The van der Waals surface area contributed by atoms with Gasteiger partial charge in [-0.1, -0.05) is 34.1 Å². The Labute approximate surface area is 76.0 Å². The molecular weight excluding hydrogens is 148 g/mol. The molecule has 12 heavy (non-hydrogen) atoms. The van der Waals surface area contributed by atoms with Gasteiger partial charge < -0.3 is 5.32 Å². The fourth-order valence-corrected chi connectivity index (χ4v) is 1.37. The SMILES string of the molecule is CCC(CNCC#N)C(C)(C)C. The van der Waals surface area contributed by atoms with E-state index in [0.29, 0.717) is 17.9 Å². The fourth-order valence-electron chi connectivity index (χ4n) is 1.37. The van der Waals surface area contributed by atoms with Crippen molar-refractivity contribution < 1.29 is 0 Å². The van der Waals surface area contributed by atoms with E-state index in [4.69, 9.17) is 5.26 Å². The highest BCUT2D eigenvalue weighted by Crippen LogP contribution is 2.27. The highest BCUT2D eigenvalue weighted by molar-refractivity contribution is 4.78. The molecule has 0 heterocycles. The Morgan fingerprint density at radius 1 is 1.42 bits per heavy atom. The van der Waals surface area contributed by atoms with Gasteiger partial charge in [-0.25, -0.2) is 0 Å². The van der Waals surface area contributed by atoms with Crippen LogP contribution in [-0.4, -0.2) is 13.1 Å². The van der Waals surface area contributed by atoms with Gasteiger partial charge in [-0.05, 0) is 17.9 Å². The van der Waals surface area contributed by atoms with Gasteiger partial charge in [-0.2, -0.15) is 5.26 Å². The second kappa shape index (κ2) is 5.16. The standard InChI is InChI=1S/C10H20N2/c1-5-9(10(2,3)4)8-12-7-6-11/h9,12H,5,7-8H2,1-4H3. The second-order valence-electron chi connectivity index (χ2n) is 4.26. The smallest absolute Gasteiger partial charge is 0.0841 e. The largest absolute Gasteiger partial charge is 0.304 e. The lowest BCUT2D eigenvalue weighted by Crippen LogP contribution is -2.31. The first kappa shape index (κ1) is 11.4. The van der Waals surface area contributed by atoms with Gasteiger partial charge in [0.1, 0.15) is 0 Å². The Balaban J connectivity index is 3.78. The monoisotopic (exact) mass is 168 g/mol. The number of nitrogens with one attached hydrogen (secondary N) is 1. The summed E-state index contributed by atoms with van der Waals surface area (Å²) >= 11 is 0. The molecule has 0 fully saturated rings. The molecule has 0 aliphatic rings. The van der Waals surface area contributed by atoms with Crippen molar-refractivity contribution in [1.82, 2.24) is 5.32 Å². The minimum absolute atomic E-state index is 0.344. The zero-order valence-corrected chi connectivity index (χ0v) is 8.65. The molecule has 2 heteroatoms. The first-order valence-corrected chi connectivity index (χ1v) is 4.60. The summed E-state index contributed by atoms with van der Waals surface area (Å²) in [5.74, 6) is 0.658. The predicted molar refractivity (Wildman–Crippen MR) is 51.7 cm³/mol. The summed E-state index contributed by atoms with van der Waals surface area (Å²) in [6.07, 6.45) is 1.17. The van der Waals surface area contributed by atoms with Gasteiger partial charge in [0.05, 0.1) is 12.6 Å². The molecule has 0 aromatic rings. The van der Waals surface area contributed by atoms with Gasteiger partial charge in [0.2, 0.25) is 0 Å². The zero-order chi connectivity index (χ0) is 9.61. The molecule has 0 aromatic heterocycles. The molecule has 0 aromatic carbocycles. The zero-order valence-electron chi connectivity index (χ0n) is 8.65. The van der Waals surface area contributed by atoms with Crippen molar-refractivity contribution in [2.24, 2.45) is 11.3 Å². The number of rotatable bonds is 4. The summed E-state index contributed by atoms with van der Waals surface area (Å²) in [6, 6.07) is 2.09. The van der Waals surface area contributed by atoms with E-state index < -0.39 is 0 Å². The third-order valence-corrected chi connectivity index (χ3v) is 2.31. The van der Waals surface area contributed by atoms with Gasteiger partial charge in [-0.3, -0.25) is 0 Å². The van der Waals surface area contributed by atoms with Crippen LogP contribution in [0.5, 0.6) is 0 Å². The van der Waals surface area contributed by atoms with Gasteiger partial charge in [0.15, 0.2) is 0 Å². The number of hydrogen-bond acceptors (Lipinski definition) is 2. The van der Waals surface area contributed by atoms with E-state index in [1.807, 2.05) is 0 Å². The summed E-state index contributed by atoms with van der Waals surface area (Å²) in [6.45, 7) is 10.4. The predicted octanol–water partition coefficient (Wildman–Crippen LogP) is 2.17. The molecule has 0 spiro atoms. The van der Waals surface area contributed by atoms with E-state index in [-0.39, 0.29) is 0 Å². The Bertz CT molecular complexity index is 150. The van der Waals surface area contributed by atoms with Crippen LogP contribution in [0.25, 0.3) is 0 Å². The van der Waals surface area contributed by atoms with E-state index in [9.17, 15) is 0 Å². The average molecular weight is 168 g/mol. The van der Waals surface area contributed by atoms with Crippen molar-refractivity contribution in [3.63, 3.8) is 0 Å². The van der Waals surface area contributed by atoms with Gasteiger partial charge >= 0.3 is 0 Å². The summed E-state index contributed by atoms with van der Waals surface area (Å²) in [5.41, 5.74) is 0.344. The van der Waals surface area contributed by atoms with Crippen molar-refractivity contribution in [1.29, 1.82) is 5.26 Å². The maximum Gasteiger partial charge on any atom is 0.0841 e. The number of nitrogens with zero attached hydrogens (tertiary/aromatic N) is 1. The molecule has 1 unspecified atom stereocenters. The van der Waals surface area contributed by atoms with Gasteiger partial charge in [0, 0.05) is 0 Å². The third-order valence-electron chi connectivity index (χ3n) is 2.31. The quantitative estimate of drug-likeness (QED) is 0.516. The molecule has 0 saturated carbocycles. The molecule has 0 radical (unpaired) electrons. The van der Waals surface area contributed by atoms with Crippen LogP contribution in [0.1, 0.15) is 34.1 Å². The summed E-state index contributed by atoms with van der Waals surface area (Å²) in [4.78, 5) is 0. The molecule has 1 N–H and O–H groups in total. The average Bonchev–Trinajstić information content (AvgIpc) is 1.95. The van der Waals surface area contributed by atoms with Crippen LogP contribution in [0.2, 0.25) is 0 Å². The lowest BCUT2D eigenvalue weighted by atomic mass is 9.79. The molecule has 2 nitrogen and oxygen atoms in total. The normalized spacial score (nSPS) is 13.9. The Kier molecular flexibility index (Phi) is 4.92. The van der Waals surface area contributed by atoms with Crippen molar-refractivity contribution in [2.75, 3.05) is 13.1 Å². The molecule has 70 valence electrons. The summed E-state index contributed by atoms with van der Waals surface area (Å²) < 4.78 is 0. The highest BCUT2D eigenvalue weighted by Gasteiger charge is 2.21. The van der Waals surface area contributed by atoms with Crippen LogP contribution in [-0.2, 0) is 0 Å². The maximum absolute atomic E-state index is 8.34. The van der Waals surface area contributed by atoms with E-state index in [2.05, 4.69) is 39.1 Å². The van der Waals surface area contributed by atoms with E-state index >= 15 is 0 Å². The van der Waals surface area contributed by atoms with E-state index in [1.165, 1.54) is 6.42 Å². The fraction of sp³-hybridized carbons (Fsp3) is 0.900. The molecule has 0 saturated heterocycles.